The van der Waals surface area contributed by atoms with E-state index in [4.69, 9.17) is 5.11 Å². The molecule has 1 aromatic carbocycles. The van der Waals surface area contributed by atoms with Crippen LogP contribution in [0.3, 0.4) is 0 Å². The van der Waals surface area contributed by atoms with E-state index in [0.29, 0.717) is 12.3 Å². The van der Waals surface area contributed by atoms with Gasteiger partial charge in [0, 0.05) is 12.3 Å². The van der Waals surface area contributed by atoms with Gasteiger partial charge in [0.25, 0.3) is 0 Å². The third kappa shape index (κ3) is 2.64. The molecule has 0 bridgehead atoms. The molecule has 17 heavy (non-hydrogen) atoms. The number of hydrogen-bond donors (Lipinski definition) is 2. The predicted octanol–water partition coefficient (Wildman–Crippen LogP) is 2.70. The Labute approximate surface area is 99.7 Å². The number of aromatic amines is 1. The van der Waals surface area contributed by atoms with Crippen molar-refractivity contribution >= 4 is 17.0 Å². The van der Waals surface area contributed by atoms with Crippen molar-refractivity contribution in [3.05, 3.63) is 29.6 Å². The third-order valence-electron chi connectivity index (χ3n) is 2.74. The number of carboxylic acid groups (broad SMARTS) is 1. The van der Waals surface area contributed by atoms with Gasteiger partial charge in [-0.1, -0.05) is 19.9 Å². The molecule has 4 nitrogen and oxygen atoms in total. The normalized spacial score (nSPS) is 11.2. The summed E-state index contributed by atoms with van der Waals surface area (Å²) in [6.07, 6.45) is 0.720. The number of nitrogens with one attached hydrogen (secondary N) is 1. The number of nitrogens with zero attached hydrogens (tertiary/aromatic N) is 1. The summed E-state index contributed by atoms with van der Waals surface area (Å²) in [6.45, 7) is 4.17. The SMILES string of the molecule is CC(C)c1nc2ccc(CCC(=O)O)cc2[nH]1. The molecule has 0 radical (unpaired) electrons. The third-order valence-corrected chi connectivity index (χ3v) is 2.74. The standard InChI is InChI=1S/C13H16N2O2/c1-8(2)13-14-10-5-3-9(4-6-12(16)17)7-11(10)15-13/h3,5,7-8H,4,6H2,1-2H3,(H,14,15)(H,16,17). The maximum absolute atomic E-state index is 10.5. The van der Waals surface area contributed by atoms with Crippen LogP contribution in [0.1, 0.15) is 37.6 Å². The fraction of sp³-hybridized carbons (Fsp3) is 0.385. The minimum Gasteiger partial charge on any atom is -0.481 e. The number of aliphatic carboxylic acids is 1. The van der Waals surface area contributed by atoms with Crippen molar-refractivity contribution < 1.29 is 9.90 Å². The van der Waals surface area contributed by atoms with Gasteiger partial charge in [0.1, 0.15) is 5.82 Å². The first kappa shape index (κ1) is 11.6. The smallest absolute Gasteiger partial charge is 0.303 e. The van der Waals surface area contributed by atoms with E-state index in [-0.39, 0.29) is 6.42 Å². The largest absolute Gasteiger partial charge is 0.481 e. The zero-order chi connectivity index (χ0) is 12.4. The number of rotatable bonds is 4. The van der Waals surface area contributed by atoms with E-state index in [1.807, 2.05) is 18.2 Å². The summed E-state index contributed by atoms with van der Waals surface area (Å²) in [7, 11) is 0. The molecule has 0 saturated carbocycles. The molecule has 0 saturated heterocycles. The van der Waals surface area contributed by atoms with Gasteiger partial charge in [-0.15, -0.1) is 0 Å². The summed E-state index contributed by atoms with van der Waals surface area (Å²) in [5.74, 6) is 0.567. The molecule has 0 spiro atoms. The van der Waals surface area contributed by atoms with E-state index in [2.05, 4.69) is 23.8 Å². The molecule has 0 unspecified atom stereocenters. The lowest BCUT2D eigenvalue weighted by Crippen LogP contribution is -1.97. The highest BCUT2D eigenvalue weighted by molar-refractivity contribution is 5.76. The van der Waals surface area contributed by atoms with Crippen molar-refractivity contribution in [3.63, 3.8) is 0 Å². The molecule has 90 valence electrons. The van der Waals surface area contributed by atoms with Crippen LogP contribution in [0.4, 0.5) is 0 Å². The average Bonchev–Trinajstić information content (AvgIpc) is 2.69. The molecule has 0 atom stereocenters. The molecule has 0 fully saturated rings. The maximum Gasteiger partial charge on any atom is 0.303 e. The molecular weight excluding hydrogens is 216 g/mol. The second kappa shape index (κ2) is 4.57. The highest BCUT2D eigenvalue weighted by atomic mass is 16.4. The number of carbonyl (C=O) groups is 1. The summed E-state index contributed by atoms with van der Waals surface area (Å²) >= 11 is 0. The van der Waals surface area contributed by atoms with E-state index in [1.54, 1.807) is 0 Å². The molecule has 0 amide bonds. The zero-order valence-corrected chi connectivity index (χ0v) is 10.0. The number of aromatic nitrogens is 2. The Balaban J connectivity index is 2.27. The van der Waals surface area contributed by atoms with Gasteiger partial charge in [0.15, 0.2) is 0 Å². The van der Waals surface area contributed by atoms with E-state index in [0.717, 1.165) is 22.4 Å². The Kier molecular flexibility index (Phi) is 3.13. The molecule has 1 aromatic heterocycles. The predicted molar refractivity (Wildman–Crippen MR) is 66.1 cm³/mol. The van der Waals surface area contributed by atoms with Crippen molar-refractivity contribution in [2.24, 2.45) is 0 Å². The van der Waals surface area contributed by atoms with Crippen LogP contribution in [-0.2, 0) is 11.2 Å². The Morgan fingerprint density at radius 3 is 2.88 bits per heavy atom. The Morgan fingerprint density at radius 2 is 2.24 bits per heavy atom. The minimum absolute atomic E-state index is 0.163. The molecule has 1 heterocycles. The fourth-order valence-electron chi connectivity index (χ4n) is 1.76. The van der Waals surface area contributed by atoms with Crippen LogP contribution in [0.25, 0.3) is 11.0 Å². The van der Waals surface area contributed by atoms with Crippen molar-refractivity contribution in [3.8, 4) is 0 Å². The minimum atomic E-state index is -0.766. The lowest BCUT2D eigenvalue weighted by atomic mass is 10.1. The summed E-state index contributed by atoms with van der Waals surface area (Å²) in [6, 6.07) is 5.86. The van der Waals surface area contributed by atoms with Gasteiger partial charge in [0.05, 0.1) is 11.0 Å². The van der Waals surface area contributed by atoms with Crippen LogP contribution in [-0.4, -0.2) is 21.0 Å². The van der Waals surface area contributed by atoms with Gasteiger partial charge < -0.3 is 10.1 Å². The highest BCUT2D eigenvalue weighted by Gasteiger charge is 2.07. The zero-order valence-electron chi connectivity index (χ0n) is 10.0. The number of carboxylic acids is 1. The molecule has 0 aliphatic rings. The monoisotopic (exact) mass is 232 g/mol. The summed E-state index contributed by atoms with van der Waals surface area (Å²) < 4.78 is 0. The highest BCUT2D eigenvalue weighted by Crippen LogP contribution is 2.18. The van der Waals surface area contributed by atoms with Gasteiger partial charge in [-0.05, 0) is 24.1 Å². The van der Waals surface area contributed by atoms with Crippen molar-refractivity contribution in [1.29, 1.82) is 0 Å². The van der Waals surface area contributed by atoms with Crippen molar-refractivity contribution in [1.82, 2.24) is 9.97 Å². The lowest BCUT2D eigenvalue weighted by molar-refractivity contribution is -0.136. The Bertz CT molecular complexity index is 543. The summed E-state index contributed by atoms with van der Waals surface area (Å²) in [5, 5.41) is 8.64. The molecule has 2 N–H and O–H groups in total. The Morgan fingerprint density at radius 1 is 1.47 bits per heavy atom. The quantitative estimate of drug-likeness (QED) is 0.851. The van der Waals surface area contributed by atoms with Crippen LogP contribution in [0, 0.1) is 0 Å². The second-order valence-electron chi connectivity index (χ2n) is 4.52. The lowest BCUT2D eigenvalue weighted by Gasteiger charge is -1.98. The van der Waals surface area contributed by atoms with Gasteiger partial charge in [-0.3, -0.25) is 4.79 Å². The summed E-state index contributed by atoms with van der Waals surface area (Å²) in [4.78, 5) is 18.3. The van der Waals surface area contributed by atoms with Gasteiger partial charge in [0.2, 0.25) is 0 Å². The number of hydrogen-bond acceptors (Lipinski definition) is 2. The van der Waals surface area contributed by atoms with E-state index >= 15 is 0 Å². The van der Waals surface area contributed by atoms with Crippen molar-refractivity contribution in [2.75, 3.05) is 0 Å². The number of H-pyrrole nitrogens is 1. The molecule has 0 aliphatic heterocycles. The first-order valence-electron chi connectivity index (χ1n) is 5.76. The number of benzene rings is 1. The average molecular weight is 232 g/mol. The topological polar surface area (TPSA) is 66.0 Å². The molecule has 2 aromatic rings. The van der Waals surface area contributed by atoms with Crippen LogP contribution in [0.2, 0.25) is 0 Å². The van der Waals surface area contributed by atoms with Gasteiger partial charge in [-0.25, -0.2) is 4.98 Å². The van der Waals surface area contributed by atoms with Crippen LogP contribution >= 0.6 is 0 Å². The number of fused-ring (bicyclic) bond motifs is 1. The summed E-state index contributed by atoms with van der Waals surface area (Å²) in [5.41, 5.74) is 2.95. The van der Waals surface area contributed by atoms with Gasteiger partial charge in [-0.2, -0.15) is 0 Å². The van der Waals surface area contributed by atoms with E-state index in [1.165, 1.54) is 0 Å². The van der Waals surface area contributed by atoms with Crippen LogP contribution in [0.15, 0.2) is 18.2 Å². The molecule has 0 aliphatic carbocycles. The van der Waals surface area contributed by atoms with Crippen molar-refractivity contribution in [2.45, 2.75) is 32.6 Å². The first-order chi connectivity index (χ1) is 8.06. The molecule has 2 rings (SSSR count). The first-order valence-corrected chi connectivity index (χ1v) is 5.76. The molecule has 4 heteroatoms. The van der Waals surface area contributed by atoms with E-state index < -0.39 is 5.97 Å². The maximum atomic E-state index is 10.5. The number of aryl methyl sites for hydroxylation is 1. The number of imidazole rings is 1. The molecular formula is C13H16N2O2. The fourth-order valence-corrected chi connectivity index (χ4v) is 1.76. The van der Waals surface area contributed by atoms with E-state index in [9.17, 15) is 4.79 Å². The Hall–Kier alpha value is -1.84. The van der Waals surface area contributed by atoms with Gasteiger partial charge >= 0.3 is 5.97 Å². The van der Waals surface area contributed by atoms with Crippen LogP contribution in [0.5, 0.6) is 0 Å². The second-order valence-corrected chi connectivity index (χ2v) is 4.52. The van der Waals surface area contributed by atoms with Crippen LogP contribution < -0.4 is 0 Å².